The van der Waals surface area contributed by atoms with E-state index < -0.39 is 0 Å². The molecule has 0 saturated carbocycles. The van der Waals surface area contributed by atoms with Gasteiger partial charge in [0.05, 0.1) is 0 Å². The highest BCUT2D eigenvalue weighted by Gasteiger charge is 1.94. The Kier molecular flexibility index (Phi) is 12.8. The van der Waals surface area contributed by atoms with Crippen molar-refractivity contribution < 1.29 is 0 Å². The Hall–Kier alpha value is -0.230. The second-order valence-electron chi connectivity index (χ2n) is 2.16. The van der Waals surface area contributed by atoms with E-state index in [0.717, 1.165) is 17.9 Å². The molecule has 12 heavy (non-hydrogen) atoms. The molecule has 0 saturated heterocycles. The molecule has 0 rings (SSSR count). The zero-order valence-corrected chi connectivity index (χ0v) is 9.70. The molecule has 0 radical (unpaired) electrons. The molecule has 1 heteroatoms. The van der Waals surface area contributed by atoms with Crippen molar-refractivity contribution in [1.82, 2.24) is 0 Å². The first-order valence-electron chi connectivity index (χ1n) is 4.76. The highest BCUT2D eigenvalue weighted by Crippen LogP contribution is 2.16. The average molecular weight is 189 g/mol. The van der Waals surface area contributed by atoms with Crippen LogP contribution in [0.3, 0.4) is 0 Å². The minimum absolute atomic E-state index is 0.910. The lowest BCUT2D eigenvalue weighted by molar-refractivity contribution is 0.973. The molecule has 0 spiro atoms. The van der Waals surface area contributed by atoms with Crippen molar-refractivity contribution in [3.05, 3.63) is 22.8 Å². The maximum atomic E-state index is 5.94. The minimum Gasteiger partial charge on any atom is -0.0862 e. The third-order valence-corrected chi connectivity index (χ3v) is 1.90. The van der Waals surface area contributed by atoms with Crippen molar-refractivity contribution in [3.63, 3.8) is 0 Å². The fourth-order valence-electron chi connectivity index (χ4n) is 0.852. The Morgan fingerprint density at radius 2 is 1.58 bits per heavy atom. The van der Waals surface area contributed by atoms with Gasteiger partial charge in [-0.05, 0) is 25.8 Å². The van der Waals surface area contributed by atoms with Crippen LogP contribution in [-0.4, -0.2) is 0 Å². The number of hydrogen-bond acceptors (Lipinski definition) is 0. The Bertz CT molecular complexity index is 137. The summed E-state index contributed by atoms with van der Waals surface area (Å²) in [4.78, 5) is 0. The summed E-state index contributed by atoms with van der Waals surface area (Å²) in [6.07, 6.45) is 6.02. The van der Waals surface area contributed by atoms with Crippen LogP contribution in [-0.2, 0) is 0 Å². The Balaban J connectivity index is 0. The molecule has 0 aliphatic carbocycles. The molecule has 0 nitrogen and oxygen atoms in total. The summed E-state index contributed by atoms with van der Waals surface area (Å²) in [6, 6.07) is 0. The van der Waals surface area contributed by atoms with Crippen LogP contribution in [0.2, 0.25) is 0 Å². The lowest BCUT2D eigenvalue weighted by Gasteiger charge is -2.00. The molecule has 0 aliphatic heterocycles. The van der Waals surface area contributed by atoms with Gasteiger partial charge in [-0.1, -0.05) is 50.9 Å². The molecule has 0 N–H and O–H groups in total. The van der Waals surface area contributed by atoms with Gasteiger partial charge < -0.3 is 0 Å². The van der Waals surface area contributed by atoms with Gasteiger partial charge in [-0.15, -0.1) is 0 Å². The molecule has 0 aliphatic rings. The van der Waals surface area contributed by atoms with E-state index in [1.54, 1.807) is 0 Å². The third kappa shape index (κ3) is 6.48. The quantitative estimate of drug-likeness (QED) is 0.553. The molecule has 72 valence electrons. The maximum absolute atomic E-state index is 5.94. The summed E-state index contributed by atoms with van der Waals surface area (Å²) in [6.45, 7) is 10.2. The van der Waals surface area contributed by atoms with Crippen LogP contribution in [0, 0.1) is 0 Å². The first-order chi connectivity index (χ1) is 5.76. The van der Waals surface area contributed by atoms with Crippen molar-refractivity contribution in [1.29, 1.82) is 0 Å². The van der Waals surface area contributed by atoms with Crippen molar-refractivity contribution >= 4 is 11.6 Å². The van der Waals surface area contributed by atoms with E-state index in [0.29, 0.717) is 0 Å². The van der Waals surface area contributed by atoms with E-state index in [2.05, 4.69) is 13.8 Å². The maximum Gasteiger partial charge on any atom is 0.0394 e. The predicted octanol–water partition coefficient (Wildman–Crippen LogP) is 4.90. The van der Waals surface area contributed by atoms with Crippen LogP contribution in [0.15, 0.2) is 22.8 Å². The summed E-state index contributed by atoms with van der Waals surface area (Å²) in [7, 11) is 0. The molecule has 0 unspecified atom stereocenters. The topological polar surface area (TPSA) is 0 Å². The smallest absolute Gasteiger partial charge is 0.0394 e. The van der Waals surface area contributed by atoms with Gasteiger partial charge in [0.1, 0.15) is 0 Å². The fraction of sp³-hybridized carbons (Fsp3) is 0.636. The van der Waals surface area contributed by atoms with Gasteiger partial charge in [-0.25, -0.2) is 0 Å². The molecule has 0 bridgehead atoms. The molecule has 0 aromatic carbocycles. The first-order valence-corrected chi connectivity index (χ1v) is 5.14. The summed E-state index contributed by atoms with van der Waals surface area (Å²) >= 11 is 5.94. The van der Waals surface area contributed by atoms with E-state index in [4.69, 9.17) is 11.6 Å². The molecule has 0 aromatic heterocycles. The zero-order chi connectivity index (χ0) is 9.98. The number of hydrogen-bond donors (Lipinski definition) is 0. The van der Waals surface area contributed by atoms with E-state index in [1.165, 1.54) is 5.57 Å². The predicted molar refractivity (Wildman–Crippen MR) is 59.6 cm³/mol. The largest absolute Gasteiger partial charge is 0.0862 e. The SMILES string of the molecule is C/C=C\C(Cl)=C(CC)CC.CC. The second-order valence-corrected chi connectivity index (χ2v) is 2.57. The van der Waals surface area contributed by atoms with Crippen LogP contribution in [0.5, 0.6) is 0 Å². The monoisotopic (exact) mass is 188 g/mol. The third-order valence-electron chi connectivity index (χ3n) is 1.50. The summed E-state index contributed by atoms with van der Waals surface area (Å²) in [5.74, 6) is 0. The highest BCUT2D eigenvalue weighted by atomic mass is 35.5. The van der Waals surface area contributed by atoms with Crippen molar-refractivity contribution in [2.45, 2.75) is 47.5 Å². The molecule has 0 aromatic rings. The molecular weight excluding hydrogens is 168 g/mol. The van der Waals surface area contributed by atoms with Crippen molar-refractivity contribution in [2.24, 2.45) is 0 Å². The number of halogens is 1. The Morgan fingerprint density at radius 3 is 1.83 bits per heavy atom. The Labute approximate surface area is 82.3 Å². The van der Waals surface area contributed by atoms with Crippen LogP contribution < -0.4 is 0 Å². The summed E-state index contributed by atoms with van der Waals surface area (Å²) < 4.78 is 0. The van der Waals surface area contributed by atoms with Gasteiger partial charge in [0.25, 0.3) is 0 Å². The molecule has 0 heterocycles. The number of allylic oxidation sites excluding steroid dienone is 4. The van der Waals surface area contributed by atoms with E-state index >= 15 is 0 Å². The Morgan fingerprint density at radius 1 is 1.17 bits per heavy atom. The minimum atomic E-state index is 0.910. The molecule has 0 atom stereocenters. The van der Waals surface area contributed by atoms with E-state index in [-0.39, 0.29) is 0 Å². The highest BCUT2D eigenvalue weighted by molar-refractivity contribution is 6.31. The second kappa shape index (κ2) is 10.8. The van der Waals surface area contributed by atoms with Gasteiger partial charge in [0, 0.05) is 5.03 Å². The standard InChI is InChI=1S/C9H15Cl.C2H6/c1-4-7-9(10)8(5-2)6-3;1-2/h4,7H,5-6H2,1-3H3;1-2H3/b7-4-;. The van der Waals surface area contributed by atoms with E-state index in [9.17, 15) is 0 Å². The van der Waals surface area contributed by atoms with Crippen LogP contribution in [0.1, 0.15) is 47.5 Å². The van der Waals surface area contributed by atoms with Crippen LogP contribution in [0.4, 0.5) is 0 Å². The lowest BCUT2D eigenvalue weighted by Crippen LogP contribution is -1.79. The lowest BCUT2D eigenvalue weighted by atomic mass is 10.1. The van der Waals surface area contributed by atoms with Gasteiger partial charge in [-0.2, -0.15) is 0 Å². The molecule has 0 amide bonds. The van der Waals surface area contributed by atoms with Crippen molar-refractivity contribution in [3.8, 4) is 0 Å². The zero-order valence-electron chi connectivity index (χ0n) is 8.95. The van der Waals surface area contributed by atoms with Gasteiger partial charge in [0.15, 0.2) is 0 Å². The summed E-state index contributed by atoms with van der Waals surface area (Å²) in [5.41, 5.74) is 1.33. The van der Waals surface area contributed by atoms with E-state index in [1.807, 2.05) is 32.9 Å². The van der Waals surface area contributed by atoms with Crippen LogP contribution in [0.25, 0.3) is 0 Å². The van der Waals surface area contributed by atoms with Crippen LogP contribution >= 0.6 is 11.6 Å². The first kappa shape index (κ1) is 14.3. The number of rotatable bonds is 3. The van der Waals surface area contributed by atoms with Gasteiger partial charge in [-0.3, -0.25) is 0 Å². The fourth-order valence-corrected chi connectivity index (χ4v) is 1.25. The van der Waals surface area contributed by atoms with Crippen molar-refractivity contribution in [2.75, 3.05) is 0 Å². The average Bonchev–Trinajstić information content (AvgIpc) is 2.11. The van der Waals surface area contributed by atoms with Gasteiger partial charge in [0.2, 0.25) is 0 Å². The normalized spacial score (nSPS) is 9.17. The molecular formula is C11H21Cl. The van der Waals surface area contributed by atoms with Gasteiger partial charge >= 0.3 is 0 Å². The summed E-state index contributed by atoms with van der Waals surface area (Å²) in [5, 5.41) is 0.910. The molecule has 0 fully saturated rings.